The maximum Gasteiger partial charge on any atom is 0.316 e. The lowest BCUT2D eigenvalue weighted by Crippen LogP contribution is -2.37. The number of nitrogens with zero attached hydrogens (tertiary/aromatic N) is 1. The molecule has 0 amide bonds. The van der Waals surface area contributed by atoms with E-state index in [1.165, 1.54) is 10.8 Å². The number of hydrogen-bond acceptors (Lipinski definition) is 3. The van der Waals surface area contributed by atoms with E-state index in [-0.39, 0.29) is 6.10 Å². The van der Waals surface area contributed by atoms with E-state index in [9.17, 15) is 9.59 Å². The standard InChI is InChI=1S/C9H12N2O3/c12-8-9(13)11(4-3-10-8)6-7-2-1-5-14-7/h3-4,7H,1-2,5-6H2,(H,10,12). The second-order valence-corrected chi connectivity index (χ2v) is 3.38. The Bertz CT molecular complexity index is 415. The van der Waals surface area contributed by atoms with E-state index in [4.69, 9.17) is 4.74 Å². The first-order valence-corrected chi connectivity index (χ1v) is 4.67. The number of rotatable bonds is 2. The molecule has 14 heavy (non-hydrogen) atoms. The Morgan fingerprint density at radius 3 is 3.14 bits per heavy atom. The summed E-state index contributed by atoms with van der Waals surface area (Å²) in [5, 5.41) is 0. The molecule has 76 valence electrons. The van der Waals surface area contributed by atoms with Gasteiger partial charge in [-0.3, -0.25) is 9.59 Å². The van der Waals surface area contributed by atoms with Gasteiger partial charge in [0.2, 0.25) is 0 Å². The molecule has 1 N–H and O–H groups in total. The maximum atomic E-state index is 11.3. The number of aromatic nitrogens is 2. The summed E-state index contributed by atoms with van der Waals surface area (Å²) in [6, 6.07) is 0. The van der Waals surface area contributed by atoms with Crippen molar-refractivity contribution in [1.29, 1.82) is 0 Å². The van der Waals surface area contributed by atoms with Crippen molar-refractivity contribution in [2.24, 2.45) is 0 Å². The van der Waals surface area contributed by atoms with Crippen LogP contribution in [-0.2, 0) is 11.3 Å². The molecule has 1 aliphatic heterocycles. The minimum atomic E-state index is -0.578. The monoisotopic (exact) mass is 196 g/mol. The van der Waals surface area contributed by atoms with E-state index >= 15 is 0 Å². The minimum absolute atomic E-state index is 0.0782. The molecule has 0 spiro atoms. The summed E-state index contributed by atoms with van der Waals surface area (Å²) in [4.78, 5) is 24.6. The van der Waals surface area contributed by atoms with E-state index in [0.29, 0.717) is 6.54 Å². The third-order valence-electron chi connectivity index (χ3n) is 2.35. The van der Waals surface area contributed by atoms with Crippen molar-refractivity contribution >= 4 is 0 Å². The highest BCUT2D eigenvalue weighted by Crippen LogP contribution is 2.12. The third kappa shape index (κ3) is 1.77. The minimum Gasteiger partial charge on any atom is -0.376 e. The molecule has 1 saturated heterocycles. The Morgan fingerprint density at radius 2 is 2.43 bits per heavy atom. The fourth-order valence-electron chi connectivity index (χ4n) is 1.61. The smallest absolute Gasteiger partial charge is 0.316 e. The predicted molar refractivity (Wildman–Crippen MR) is 50.3 cm³/mol. The van der Waals surface area contributed by atoms with Crippen LogP contribution in [0.3, 0.4) is 0 Å². The van der Waals surface area contributed by atoms with E-state index < -0.39 is 11.1 Å². The average Bonchev–Trinajstić information content (AvgIpc) is 2.66. The summed E-state index contributed by atoms with van der Waals surface area (Å²) < 4.78 is 6.78. The fraction of sp³-hybridized carbons (Fsp3) is 0.556. The van der Waals surface area contributed by atoms with Gasteiger partial charge in [0.15, 0.2) is 0 Å². The molecule has 5 heteroatoms. The van der Waals surface area contributed by atoms with Crippen LogP contribution in [0.4, 0.5) is 0 Å². The summed E-state index contributed by atoms with van der Waals surface area (Å²) in [5.74, 6) is 0. The average molecular weight is 196 g/mol. The molecule has 1 aromatic heterocycles. The molecule has 1 atom stereocenters. The van der Waals surface area contributed by atoms with Crippen LogP contribution >= 0.6 is 0 Å². The molecule has 5 nitrogen and oxygen atoms in total. The van der Waals surface area contributed by atoms with Gasteiger partial charge < -0.3 is 14.3 Å². The number of H-pyrrole nitrogens is 1. The summed E-state index contributed by atoms with van der Waals surface area (Å²) in [6.07, 6.45) is 5.11. The Hall–Kier alpha value is -1.36. The first kappa shape index (κ1) is 9.21. The van der Waals surface area contributed by atoms with Gasteiger partial charge >= 0.3 is 11.1 Å². The number of aromatic amines is 1. The lowest BCUT2D eigenvalue weighted by Gasteiger charge is -2.10. The van der Waals surface area contributed by atoms with E-state index in [1.54, 1.807) is 6.20 Å². The molecule has 0 saturated carbocycles. The largest absolute Gasteiger partial charge is 0.376 e. The Kier molecular flexibility index (Phi) is 2.49. The van der Waals surface area contributed by atoms with Gasteiger partial charge in [-0.15, -0.1) is 0 Å². The Labute approximate surface area is 80.3 Å². The molecular formula is C9H12N2O3. The molecule has 2 rings (SSSR count). The molecule has 0 radical (unpaired) electrons. The fourth-order valence-corrected chi connectivity index (χ4v) is 1.61. The lowest BCUT2D eigenvalue weighted by molar-refractivity contribution is 0.0960. The van der Waals surface area contributed by atoms with Gasteiger partial charge in [0.05, 0.1) is 12.6 Å². The van der Waals surface area contributed by atoms with Crippen molar-refractivity contribution in [3.8, 4) is 0 Å². The highest BCUT2D eigenvalue weighted by molar-refractivity contribution is 4.83. The van der Waals surface area contributed by atoms with Gasteiger partial charge in [-0.2, -0.15) is 0 Å². The first-order valence-electron chi connectivity index (χ1n) is 4.67. The number of hydrogen-bond donors (Lipinski definition) is 1. The lowest BCUT2D eigenvalue weighted by atomic mass is 10.2. The summed E-state index contributed by atoms with van der Waals surface area (Å²) in [6.45, 7) is 1.23. The summed E-state index contributed by atoms with van der Waals surface area (Å²) in [7, 11) is 0. The highest BCUT2D eigenvalue weighted by Gasteiger charge is 2.16. The quantitative estimate of drug-likeness (QED) is 0.661. The van der Waals surface area contributed by atoms with Crippen molar-refractivity contribution in [2.45, 2.75) is 25.5 Å². The number of nitrogens with one attached hydrogen (secondary N) is 1. The normalized spacial score (nSPS) is 21.3. The molecule has 1 unspecified atom stereocenters. The summed E-state index contributed by atoms with van der Waals surface area (Å²) >= 11 is 0. The predicted octanol–water partition coefficient (Wildman–Crippen LogP) is -0.284. The second kappa shape index (κ2) is 3.79. The molecule has 1 fully saturated rings. The molecular weight excluding hydrogens is 184 g/mol. The Morgan fingerprint density at radius 1 is 1.57 bits per heavy atom. The van der Waals surface area contributed by atoms with Gasteiger partial charge in [0, 0.05) is 19.0 Å². The van der Waals surface area contributed by atoms with Crippen molar-refractivity contribution < 1.29 is 4.74 Å². The van der Waals surface area contributed by atoms with Gasteiger partial charge in [-0.05, 0) is 12.8 Å². The third-order valence-corrected chi connectivity index (χ3v) is 2.35. The molecule has 0 aliphatic carbocycles. The van der Waals surface area contributed by atoms with Gasteiger partial charge in [-0.25, -0.2) is 0 Å². The van der Waals surface area contributed by atoms with Crippen LogP contribution in [0, 0.1) is 0 Å². The number of ether oxygens (including phenoxy) is 1. The van der Waals surface area contributed by atoms with Crippen molar-refractivity contribution in [1.82, 2.24) is 9.55 Å². The van der Waals surface area contributed by atoms with Gasteiger partial charge in [-0.1, -0.05) is 0 Å². The SMILES string of the molecule is O=c1[nH]ccn(CC2CCCO2)c1=O. The van der Waals surface area contributed by atoms with E-state index in [2.05, 4.69) is 4.98 Å². The Balaban J connectivity index is 2.20. The van der Waals surface area contributed by atoms with E-state index in [0.717, 1.165) is 19.4 Å². The topological polar surface area (TPSA) is 64.1 Å². The molecule has 0 bridgehead atoms. The van der Waals surface area contributed by atoms with Gasteiger partial charge in [0.25, 0.3) is 0 Å². The molecule has 0 aromatic carbocycles. The molecule has 2 heterocycles. The van der Waals surface area contributed by atoms with Crippen LogP contribution in [0.25, 0.3) is 0 Å². The zero-order valence-corrected chi connectivity index (χ0v) is 7.73. The van der Waals surface area contributed by atoms with Crippen molar-refractivity contribution in [3.63, 3.8) is 0 Å². The second-order valence-electron chi connectivity index (χ2n) is 3.38. The summed E-state index contributed by atoms with van der Waals surface area (Å²) in [5.41, 5.74) is -1.09. The van der Waals surface area contributed by atoms with Crippen LogP contribution in [0.1, 0.15) is 12.8 Å². The maximum absolute atomic E-state index is 11.3. The van der Waals surface area contributed by atoms with Crippen molar-refractivity contribution in [3.05, 3.63) is 33.1 Å². The van der Waals surface area contributed by atoms with Crippen LogP contribution in [0.15, 0.2) is 22.0 Å². The van der Waals surface area contributed by atoms with Crippen LogP contribution < -0.4 is 11.1 Å². The van der Waals surface area contributed by atoms with Crippen molar-refractivity contribution in [2.75, 3.05) is 6.61 Å². The van der Waals surface area contributed by atoms with Gasteiger partial charge in [0.1, 0.15) is 0 Å². The molecule has 1 aromatic rings. The zero-order valence-electron chi connectivity index (χ0n) is 7.73. The van der Waals surface area contributed by atoms with Crippen LogP contribution in [0.2, 0.25) is 0 Å². The highest BCUT2D eigenvalue weighted by atomic mass is 16.5. The van der Waals surface area contributed by atoms with Crippen LogP contribution in [-0.4, -0.2) is 22.3 Å². The zero-order chi connectivity index (χ0) is 9.97. The first-order chi connectivity index (χ1) is 6.77. The van der Waals surface area contributed by atoms with Crippen LogP contribution in [0.5, 0.6) is 0 Å². The van der Waals surface area contributed by atoms with E-state index in [1.807, 2.05) is 0 Å². The molecule has 1 aliphatic rings.